The van der Waals surface area contributed by atoms with E-state index in [1.807, 2.05) is 48.0 Å². The van der Waals surface area contributed by atoms with E-state index in [4.69, 9.17) is 16.0 Å². The predicted molar refractivity (Wildman–Crippen MR) is 87.0 cm³/mol. The summed E-state index contributed by atoms with van der Waals surface area (Å²) in [5.74, 6) is 0.846. The molecule has 0 aliphatic heterocycles. The highest BCUT2D eigenvalue weighted by molar-refractivity contribution is 9.10. The molecule has 1 N–H and O–H groups in total. The SMILES string of the molecule is CC(Nc1cccc(Cl)c1-n1ccnc1)c1ccc(Br)o1. The molecule has 0 radical (unpaired) electrons. The van der Waals surface area contributed by atoms with Crippen LogP contribution in [-0.2, 0) is 0 Å². The van der Waals surface area contributed by atoms with Gasteiger partial charge in [-0.1, -0.05) is 17.7 Å². The first kappa shape index (κ1) is 14.2. The van der Waals surface area contributed by atoms with Crippen LogP contribution in [0.3, 0.4) is 0 Å². The van der Waals surface area contributed by atoms with Gasteiger partial charge in [-0.3, -0.25) is 0 Å². The summed E-state index contributed by atoms with van der Waals surface area (Å²) < 4.78 is 8.18. The van der Waals surface area contributed by atoms with E-state index in [9.17, 15) is 0 Å². The lowest BCUT2D eigenvalue weighted by Gasteiger charge is -2.18. The Morgan fingerprint density at radius 1 is 1.33 bits per heavy atom. The number of hydrogen-bond donors (Lipinski definition) is 1. The van der Waals surface area contributed by atoms with Gasteiger partial charge in [0.05, 0.1) is 28.8 Å². The molecule has 0 spiro atoms. The molecule has 1 unspecified atom stereocenters. The molecule has 0 amide bonds. The lowest BCUT2D eigenvalue weighted by molar-refractivity contribution is 0.471. The highest BCUT2D eigenvalue weighted by atomic mass is 79.9. The van der Waals surface area contributed by atoms with Crippen molar-refractivity contribution in [2.24, 2.45) is 0 Å². The van der Waals surface area contributed by atoms with Crippen LogP contribution in [0.2, 0.25) is 5.02 Å². The number of hydrogen-bond acceptors (Lipinski definition) is 3. The number of aromatic nitrogens is 2. The summed E-state index contributed by atoms with van der Waals surface area (Å²) in [6.07, 6.45) is 5.31. The van der Waals surface area contributed by atoms with Crippen LogP contribution in [0.5, 0.6) is 0 Å². The zero-order valence-electron chi connectivity index (χ0n) is 11.3. The van der Waals surface area contributed by atoms with E-state index < -0.39 is 0 Å². The van der Waals surface area contributed by atoms with Gasteiger partial charge in [0.2, 0.25) is 0 Å². The molecule has 0 saturated heterocycles. The van der Waals surface area contributed by atoms with Crippen molar-refractivity contribution in [2.45, 2.75) is 13.0 Å². The van der Waals surface area contributed by atoms with Crippen molar-refractivity contribution in [3.8, 4) is 5.69 Å². The van der Waals surface area contributed by atoms with Gasteiger partial charge in [0, 0.05) is 12.4 Å². The Labute approximate surface area is 135 Å². The molecule has 1 aromatic carbocycles. The standard InChI is InChI=1S/C15H13BrClN3O/c1-10(13-5-6-14(16)21-13)19-12-4-2-3-11(17)15(12)20-8-7-18-9-20/h2-10,19H,1H3. The van der Waals surface area contributed by atoms with E-state index in [0.717, 1.165) is 17.1 Å². The molecule has 0 saturated carbocycles. The number of furan rings is 1. The van der Waals surface area contributed by atoms with Gasteiger partial charge in [0.1, 0.15) is 5.76 Å². The highest BCUT2D eigenvalue weighted by Gasteiger charge is 2.14. The fourth-order valence-electron chi connectivity index (χ4n) is 2.15. The molecular formula is C15H13BrClN3O. The molecule has 2 heterocycles. The summed E-state index contributed by atoms with van der Waals surface area (Å²) in [7, 11) is 0. The van der Waals surface area contributed by atoms with Crippen LogP contribution in [0, 0.1) is 0 Å². The number of nitrogens with zero attached hydrogens (tertiary/aromatic N) is 2. The summed E-state index contributed by atoms with van der Waals surface area (Å²) in [6.45, 7) is 2.03. The molecule has 21 heavy (non-hydrogen) atoms. The summed E-state index contributed by atoms with van der Waals surface area (Å²) in [4.78, 5) is 4.07. The smallest absolute Gasteiger partial charge is 0.169 e. The summed E-state index contributed by atoms with van der Waals surface area (Å²) in [6, 6.07) is 9.57. The second-order valence-electron chi connectivity index (χ2n) is 4.61. The van der Waals surface area contributed by atoms with Crippen molar-refractivity contribution in [3.05, 3.63) is 64.5 Å². The van der Waals surface area contributed by atoms with Crippen molar-refractivity contribution in [1.82, 2.24) is 9.55 Å². The number of halogens is 2. The Bertz CT molecular complexity index is 739. The third kappa shape index (κ3) is 2.99. The van der Waals surface area contributed by atoms with Crippen molar-refractivity contribution in [3.63, 3.8) is 0 Å². The largest absolute Gasteiger partial charge is 0.452 e. The van der Waals surface area contributed by atoms with Crippen LogP contribution in [-0.4, -0.2) is 9.55 Å². The zero-order valence-corrected chi connectivity index (χ0v) is 13.6. The Balaban J connectivity index is 1.94. The summed E-state index contributed by atoms with van der Waals surface area (Å²) >= 11 is 9.65. The van der Waals surface area contributed by atoms with Gasteiger partial charge >= 0.3 is 0 Å². The molecule has 3 rings (SSSR count). The summed E-state index contributed by atoms with van der Waals surface area (Å²) in [5, 5.41) is 4.08. The maximum absolute atomic E-state index is 6.33. The molecule has 0 aliphatic carbocycles. The first-order valence-corrected chi connectivity index (χ1v) is 7.61. The Kier molecular flexibility index (Phi) is 4.03. The normalized spacial score (nSPS) is 12.3. The monoisotopic (exact) mass is 365 g/mol. The van der Waals surface area contributed by atoms with Crippen molar-refractivity contribution in [1.29, 1.82) is 0 Å². The number of nitrogens with one attached hydrogen (secondary N) is 1. The quantitative estimate of drug-likeness (QED) is 0.702. The second-order valence-corrected chi connectivity index (χ2v) is 5.80. The molecule has 6 heteroatoms. The summed E-state index contributed by atoms with van der Waals surface area (Å²) in [5.41, 5.74) is 1.79. The second kappa shape index (κ2) is 5.95. The van der Waals surface area contributed by atoms with E-state index >= 15 is 0 Å². The van der Waals surface area contributed by atoms with E-state index in [1.54, 1.807) is 12.5 Å². The minimum absolute atomic E-state index is 0.0111. The molecule has 2 aromatic heterocycles. The molecule has 1 atom stereocenters. The zero-order chi connectivity index (χ0) is 14.8. The number of para-hydroxylation sites is 1. The fourth-order valence-corrected chi connectivity index (χ4v) is 2.74. The van der Waals surface area contributed by atoms with Crippen LogP contribution >= 0.6 is 27.5 Å². The first-order chi connectivity index (χ1) is 10.1. The van der Waals surface area contributed by atoms with Gasteiger partial charge in [0.15, 0.2) is 4.67 Å². The molecule has 4 nitrogen and oxygen atoms in total. The Morgan fingerprint density at radius 3 is 2.86 bits per heavy atom. The van der Waals surface area contributed by atoms with Gasteiger partial charge in [-0.15, -0.1) is 0 Å². The Hall–Kier alpha value is -1.72. The van der Waals surface area contributed by atoms with Crippen molar-refractivity contribution in [2.75, 3.05) is 5.32 Å². The minimum Gasteiger partial charge on any atom is -0.452 e. The van der Waals surface area contributed by atoms with E-state index in [2.05, 4.69) is 26.2 Å². The molecule has 0 bridgehead atoms. The Morgan fingerprint density at radius 2 is 2.19 bits per heavy atom. The third-order valence-corrected chi connectivity index (χ3v) is 3.87. The minimum atomic E-state index is 0.0111. The fraction of sp³-hybridized carbons (Fsp3) is 0.133. The van der Waals surface area contributed by atoms with E-state index in [-0.39, 0.29) is 6.04 Å². The molecule has 108 valence electrons. The van der Waals surface area contributed by atoms with Crippen LogP contribution in [0.15, 0.2) is 58.1 Å². The number of anilines is 1. The van der Waals surface area contributed by atoms with E-state index in [1.165, 1.54) is 0 Å². The van der Waals surface area contributed by atoms with Crippen LogP contribution in [0.25, 0.3) is 5.69 Å². The number of benzene rings is 1. The highest BCUT2D eigenvalue weighted by Crippen LogP contribution is 2.31. The molecule has 3 aromatic rings. The molecular weight excluding hydrogens is 354 g/mol. The lowest BCUT2D eigenvalue weighted by Crippen LogP contribution is -2.08. The number of imidazole rings is 1. The van der Waals surface area contributed by atoms with Gasteiger partial charge in [-0.25, -0.2) is 4.98 Å². The maximum Gasteiger partial charge on any atom is 0.169 e. The molecule has 0 aliphatic rings. The third-order valence-electron chi connectivity index (χ3n) is 3.14. The predicted octanol–water partition coefficient (Wildman–Crippen LogP) is 5.05. The van der Waals surface area contributed by atoms with Crippen LogP contribution in [0.1, 0.15) is 18.7 Å². The van der Waals surface area contributed by atoms with Crippen LogP contribution in [0.4, 0.5) is 5.69 Å². The van der Waals surface area contributed by atoms with Gasteiger partial charge < -0.3 is 14.3 Å². The van der Waals surface area contributed by atoms with Gasteiger partial charge in [0.25, 0.3) is 0 Å². The average Bonchev–Trinajstić information content (AvgIpc) is 3.10. The van der Waals surface area contributed by atoms with Crippen molar-refractivity contribution < 1.29 is 4.42 Å². The topological polar surface area (TPSA) is 43.0 Å². The van der Waals surface area contributed by atoms with Gasteiger partial charge in [-0.2, -0.15) is 0 Å². The van der Waals surface area contributed by atoms with E-state index in [0.29, 0.717) is 9.69 Å². The average molecular weight is 367 g/mol. The van der Waals surface area contributed by atoms with Gasteiger partial charge in [-0.05, 0) is 47.1 Å². The number of rotatable bonds is 4. The molecule has 0 fully saturated rings. The van der Waals surface area contributed by atoms with Crippen LogP contribution < -0.4 is 5.32 Å². The van der Waals surface area contributed by atoms with Crippen molar-refractivity contribution >= 4 is 33.2 Å². The maximum atomic E-state index is 6.33. The first-order valence-electron chi connectivity index (χ1n) is 6.44. The lowest BCUT2D eigenvalue weighted by atomic mass is 10.2.